The van der Waals surface area contributed by atoms with Gasteiger partial charge in [-0.2, -0.15) is 9.55 Å². The molecule has 0 radical (unpaired) electrons. The molecule has 0 aliphatic carbocycles. The zero-order valence-corrected chi connectivity index (χ0v) is 12.1. The van der Waals surface area contributed by atoms with Gasteiger partial charge in [-0.25, -0.2) is 4.79 Å². The molecule has 0 bridgehead atoms. The summed E-state index contributed by atoms with van der Waals surface area (Å²) >= 11 is 0. The van der Waals surface area contributed by atoms with Gasteiger partial charge in [0.2, 0.25) is 0 Å². The highest BCUT2D eigenvalue weighted by Gasteiger charge is 2.44. The van der Waals surface area contributed by atoms with E-state index in [2.05, 4.69) is 9.88 Å². The van der Waals surface area contributed by atoms with E-state index in [1.807, 2.05) is 6.92 Å². The number of aromatic nitrogens is 2. The zero-order valence-electron chi connectivity index (χ0n) is 12.1. The predicted molar refractivity (Wildman–Crippen MR) is 74.0 cm³/mol. The SMILES string of the molecule is C[C@]1(CN2CCN(C(=O)O)CC2)Cn2c([N+](=O)[O-])cnc2O1. The van der Waals surface area contributed by atoms with Crippen LogP contribution in [-0.2, 0) is 6.54 Å². The molecule has 2 aliphatic heterocycles. The third-order valence-electron chi connectivity index (χ3n) is 4.02. The van der Waals surface area contributed by atoms with Gasteiger partial charge in [0.1, 0.15) is 12.7 Å². The van der Waals surface area contributed by atoms with Crippen LogP contribution in [0.1, 0.15) is 6.92 Å². The highest BCUT2D eigenvalue weighted by Crippen LogP contribution is 2.33. The summed E-state index contributed by atoms with van der Waals surface area (Å²) in [5, 5.41) is 19.9. The Labute approximate surface area is 126 Å². The number of amides is 1. The topological polar surface area (TPSA) is 114 Å². The maximum Gasteiger partial charge on any atom is 0.407 e. The lowest BCUT2D eigenvalue weighted by atomic mass is 10.1. The number of hydrogen-bond acceptors (Lipinski definition) is 6. The highest BCUT2D eigenvalue weighted by molar-refractivity contribution is 5.65. The van der Waals surface area contributed by atoms with E-state index in [9.17, 15) is 14.9 Å². The molecule has 10 nitrogen and oxygen atoms in total. The van der Waals surface area contributed by atoms with Crippen molar-refractivity contribution < 1.29 is 19.6 Å². The van der Waals surface area contributed by atoms with Crippen LogP contribution in [-0.4, -0.2) is 73.8 Å². The summed E-state index contributed by atoms with van der Waals surface area (Å²) in [6.07, 6.45) is 0.291. The van der Waals surface area contributed by atoms with Crippen LogP contribution in [0.15, 0.2) is 6.20 Å². The van der Waals surface area contributed by atoms with Gasteiger partial charge >= 0.3 is 17.9 Å². The summed E-state index contributed by atoms with van der Waals surface area (Å²) in [5.41, 5.74) is -0.597. The maximum atomic E-state index is 10.9. The number of piperazine rings is 1. The summed E-state index contributed by atoms with van der Waals surface area (Å²) in [5.74, 6) is -0.0746. The Morgan fingerprint density at radius 2 is 2.18 bits per heavy atom. The second kappa shape index (κ2) is 5.13. The third kappa shape index (κ3) is 2.56. The second-order valence-corrected chi connectivity index (χ2v) is 5.84. The third-order valence-corrected chi connectivity index (χ3v) is 4.02. The fourth-order valence-electron chi connectivity index (χ4n) is 2.97. The van der Waals surface area contributed by atoms with E-state index in [1.54, 1.807) is 0 Å². The average Bonchev–Trinajstić information content (AvgIpc) is 2.95. The number of hydrogen-bond donors (Lipinski definition) is 1. The van der Waals surface area contributed by atoms with E-state index in [0.717, 1.165) is 0 Å². The summed E-state index contributed by atoms with van der Waals surface area (Å²) in [4.78, 5) is 28.8. The number of fused-ring (bicyclic) bond motifs is 1. The second-order valence-electron chi connectivity index (χ2n) is 5.84. The Hall–Kier alpha value is -2.36. The smallest absolute Gasteiger partial charge is 0.407 e. The molecule has 1 atom stereocenters. The van der Waals surface area contributed by atoms with Crippen LogP contribution in [0.25, 0.3) is 0 Å². The van der Waals surface area contributed by atoms with Crippen molar-refractivity contribution in [2.45, 2.75) is 19.1 Å². The summed E-state index contributed by atoms with van der Waals surface area (Å²) in [7, 11) is 0. The van der Waals surface area contributed by atoms with Crippen LogP contribution in [0.2, 0.25) is 0 Å². The van der Waals surface area contributed by atoms with Gasteiger partial charge in [0.25, 0.3) is 0 Å². The number of nitro groups is 1. The van der Waals surface area contributed by atoms with Gasteiger partial charge in [0, 0.05) is 32.7 Å². The van der Waals surface area contributed by atoms with E-state index in [1.165, 1.54) is 15.7 Å². The van der Waals surface area contributed by atoms with Gasteiger partial charge in [-0.15, -0.1) is 0 Å². The predicted octanol–water partition coefficient (Wildman–Crippen LogP) is 0.238. The summed E-state index contributed by atoms with van der Waals surface area (Å²) in [6.45, 7) is 4.96. The molecule has 1 amide bonds. The molecule has 3 rings (SSSR count). The Morgan fingerprint density at radius 3 is 2.77 bits per heavy atom. The Balaban J connectivity index is 1.62. The minimum Gasteiger partial charge on any atom is -0.465 e. The zero-order chi connectivity index (χ0) is 15.9. The van der Waals surface area contributed by atoms with Crippen LogP contribution in [0, 0.1) is 10.1 Å². The van der Waals surface area contributed by atoms with Crippen LogP contribution < -0.4 is 4.74 Å². The van der Waals surface area contributed by atoms with Crippen molar-refractivity contribution in [3.05, 3.63) is 16.3 Å². The Kier molecular flexibility index (Phi) is 3.39. The Bertz CT molecular complexity index is 609. The van der Waals surface area contributed by atoms with Crippen molar-refractivity contribution in [3.63, 3.8) is 0 Å². The van der Waals surface area contributed by atoms with Gasteiger partial charge in [0.05, 0.1) is 0 Å². The quantitative estimate of drug-likeness (QED) is 0.628. The number of nitrogens with zero attached hydrogens (tertiary/aromatic N) is 5. The van der Waals surface area contributed by atoms with E-state index < -0.39 is 16.6 Å². The van der Waals surface area contributed by atoms with Crippen LogP contribution >= 0.6 is 0 Å². The van der Waals surface area contributed by atoms with Crippen molar-refractivity contribution in [1.82, 2.24) is 19.4 Å². The van der Waals surface area contributed by atoms with E-state index in [-0.39, 0.29) is 11.8 Å². The molecule has 2 aliphatic rings. The van der Waals surface area contributed by atoms with Crippen molar-refractivity contribution in [3.8, 4) is 6.01 Å². The fourth-order valence-corrected chi connectivity index (χ4v) is 2.97. The van der Waals surface area contributed by atoms with E-state index in [0.29, 0.717) is 39.3 Å². The van der Waals surface area contributed by atoms with Gasteiger partial charge in [-0.3, -0.25) is 4.90 Å². The number of imidazole rings is 1. The largest absolute Gasteiger partial charge is 0.465 e. The van der Waals surface area contributed by atoms with Crippen molar-refractivity contribution in [2.24, 2.45) is 0 Å². The van der Waals surface area contributed by atoms with Crippen molar-refractivity contribution in [1.29, 1.82) is 0 Å². The molecule has 0 unspecified atom stereocenters. The first-order valence-corrected chi connectivity index (χ1v) is 6.97. The molecular weight excluding hydrogens is 294 g/mol. The maximum absolute atomic E-state index is 10.9. The number of rotatable bonds is 3. The van der Waals surface area contributed by atoms with Crippen molar-refractivity contribution in [2.75, 3.05) is 32.7 Å². The monoisotopic (exact) mass is 311 g/mol. The number of carboxylic acid groups (broad SMARTS) is 1. The Morgan fingerprint density at radius 1 is 1.50 bits per heavy atom. The molecule has 0 saturated carbocycles. The lowest BCUT2D eigenvalue weighted by molar-refractivity contribution is -0.392. The molecule has 22 heavy (non-hydrogen) atoms. The van der Waals surface area contributed by atoms with E-state index >= 15 is 0 Å². The fraction of sp³-hybridized carbons (Fsp3) is 0.667. The number of ether oxygens (including phenoxy) is 1. The first kappa shape index (κ1) is 14.6. The van der Waals surface area contributed by atoms with Gasteiger partial charge < -0.3 is 24.9 Å². The average molecular weight is 311 g/mol. The minimum absolute atomic E-state index is 0.0746. The molecule has 0 aromatic carbocycles. The van der Waals surface area contributed by atoms with Gasteiger partial charge in [-0.1, -0.05) is 0 Å². The number of carbonyl (C=O) groups is 1. The van der Waals surface area contributed by atoms with Crippen LogP contribution in [0.3, 0.4) is 0 Å². The first-order chi connectivity index (χ1) is 10.4. The van der Waals surface area contributed by atoms with Crippen LogP contribution in [0.5, 0.6) is 6.01 Å². The molecule has 10 heteroatoms. The molecule has 1 fully saturated rings. The van der Waals surface area contributed by atoms with Gasteiger partial charge in [-0.05, 0) is 11.8 Å². The molecule has 3 heterocycles. The molecule has 1 aromatic heterocycles. The highest BCUT2D eigenvalue weighted by atomic mass is 16.6. The molecule has 1 saturated heterocycles. The summed E-state index contributed by atoms with van der Waals surface area (Å²) in [6, 6.07) is 0.262. The molecule has 120 valence electrons. The lowest BCUT2D eigenvalue weighted by Gasteiger charge is -2.36. The lowest BCUT2D eigenvalue weighted by Crippen LogP contribution is -2.53. The molecule has 1 aromatic rings. The summed E-state index contributed by atoms with van der Waals surface area (Å²) < 4.78 is 7.24. The molecule has 0 spiro atoms. The van der Waals surface area contributed by atoms with Crippen LogP contribution in [0.4, 0.5) is 10.6 Å². The first-order valence-electron chi connectivity index (χ1n) is 6.97. The minimum atomic E-state index is -0.904. The van der Waals surface area contributed by atoms with E-state index in [4.69, 9.17) is 9.84 Å². The standard InChI is InChI=1S/C12H17N5O5/c1-12(7-14-2-4-15(5-3-14)11(18)19)8-16-9(17(20)21)6-13-10(16)22-12/h6H,2-5,7-8H2,1H3,(H,18,19)/t12-/m0/s1. The molecule has 1 N–H and O–H groups in total. The van der Waals surface area contributed by atoms with Crippen molar-refractivity contribution >= 4 is 11.9 Å². The normalized spacial score (nSPS) is 24.9. The molecular formula is C12H17N5O5. The van der Waals surface area contributed by atoms with Gasteiger partial charge in [0.15, 0.2) is 5.60 Å².